The summed E-state index contributed by atoms with van der Waals surface area (Å²) >= 11 is 0. The first-order valence-corrected chi connectivity index (χ1v) is 6.06. The van der Waals surface area contributed by atoms with Crippen LogP contribution in [-0.4, -0.2) is 48.8 Å². The van der Waals surface area contributed by atoms with Gasteiger partial charge in [-0.15, -0.1) is 0 Å². The molecule has 90 valence electrons. The van der Waals surface area contributed by atoms with Crippen molar-refractivity contribution in [2.75, 3.05) is 26.2 Å². The second-order valence-electron chi connectivity index (χ2n) is 5.28. The third-order valence-corrected chi connectivity index (χ3v) is 3.01. The molecule has 15 heavy (non-hydrogen) atoms. The zero-order valence-electron chi connectivity index (χ0n) is 10.8. The van der Waals surface area contributed by atoms with Crippen LogP contribution >= 0.6 is 0 Å². The Bertz CT molecular complexity index is 194. The highest BCUT2D eigenvalue weighted by Gasteiger charge is 2.28. The van der Waals surface area contributed by atoms with E-state index in [1.54, 1.807) is 0 Å². The number of nitrogens with one attached hydrogen (secondary N) is 1. The first-order valence-electron chi connectivity index (χ1n) is 6.06. The van der Waals surface area contributed by atoms with E-state index >= 15 is 0 Å². The van der Waals surface area contributed by atoms with E-state index in [1.165, 1.54) is 0 Å². The first kappa shape index (κ1) is 12.9. The fourth-order valence-electron chi connectivity index (χ4n) is 2.24. The third kappa shape index (κ3) is 4.09. The molecule has 0 aromatic carbocycles. The molecular formula is C12H26N2O. The molecule has 2 unspecified atom stereocenters. The van der Waals surface area contributed by atoms with Crippen LogP contribution in [0.3, 0.4) is 0 Å². The summed E-state index contributed by atoms with van der Waals surface area (Å²) < 4.78 is 5.75. The van der Waals surface area contributed by atoms with E-state index in [0.29, 0.717) is 12.1 Å². The molecule has 1 aliphatic rings. The van der Waals surface area contributed by atoms with Crippen molar-refractivity contribution < 1.29 is 4.74 Å². The smallest absolute Gasteiger partial charge is 0.0752 e. The summed E-state index contributed by atoms with van der Waals surface area (Å²) in [5.41, 5.74) is -0.0277. The molecular weight excluding hydrogens is 188 g/mol. The van der Waals surface area contributed by atoms with Crippen LogP contribution in [-0.2, 0) is 4.74 Å². The van der Waals surface area contributed by atoms with E-state index < -0.39 is 0 Å². The van der Waals surface area contributed by atoms with Gasteiger partial charge in [-0.2, -0.15) is 0 Å². The number of nitrogens with zero attached hydrogens (tertiary/aromatic N) is 1. The van der Waals surface area contributed by atoms with Gasteiger partial charge in [-0.1, -0.05) is 0 Å². The molecule has 1 rings (SSSR count). The summed E-state index contributed by atoms with van der Waals surface area (Å²) in [5, 5.41) is 3.50. The molecule has 1 aliphatic heterocycles. The van der Waals surface area contributed by atoms with Crippen LogP contribution in [0.15, 0.2) is 0 Å². The summed E-state index contributed by atoms with van der Waals surface area (Å²) in [5.74, 6) is 0. The quantitative estimate of drug-likeness (QED) is 0.767. The van der Waals surface area contributed by atoms with Gasteiger partial charge in [0.05, 0.1) is 5.60 Å². The molecule has 0 saturated carbocycles. The molecule has 0 aliphatic carbocycles. The molecule has 0 bridgehead atoms. The zero-order valence-corrected chi connectivity index (χ0v) is 10.8. The summed E-state index contributed by atoms with van der Waals surface area (Å²) in [6.07, 6.45) is 0. The Morgan fingerprint density at radius 2 is 2.07 bits per heavy atom. The normalized spacial score (nSPS) is 29.4. The van der Waals surface area contributed by atoms with Crippen molar-refractivity contribution in [3.63, 3.8) is 0 Å². The lowest BCUT2D eigenvalue weighted by atomic mass is 10.0. The molecule has 0 radical (unpaired) electrons. The Balaban J connectivity index is 2.47. The lowest BCUT2D eigenvalue weighted by Crippen LogP contribution is -2.57. The minimum atomic E-state index is -0.0277. The molecule has 1 heterocycles. The fourth-order valence-corrected chi connectivity index (χ4v) is 2.24. The van der Waals surface area contributed by atoms with E-state index in [1.807, 2.05) is 0 Å². The number of piperazine rings is 1. The number of hydrogen-bond donors (Lipinski definition) is 1. The van der Waals surface area contributed by atoms with Crippen molar-refractivity contribution in [3.8, 4) is 0 Å². The monoisotopic (exact) mass is 214 g/mol. The Kier molecular flexibility index (Phi) is 4.56. The van der Waals surface area contributed by atoms with Crippen LogP contribution < -0.4 is 5.32 Å². The fraction of sp³-hybridized carbons (Fsp3) is 1.00. The van der Waals surface area contributed by atoms with Crippen LogP contribution in [0.5, 0.6) is 0 Å². The molecule has 1 fully saturated rings. The number of hydrogen-bond acceptors (Lipinski definition) is 3. The highest BCUT2D eigenvalue weighted by molar-refractivity contribution is 4.85. The third-order valence-electron chi connectivity index (χ3n) is 3.01. The first-order chi connectivity index (χ1) is 6.94. The van der Waals surface area contributed by atoms with E-state index in [-0.39, 0.29) is 5.60 Å². The van der Waals surface area contributed by atoms with E-state index in [9.17, 15) is 0 Å². The van der Waals surface area contributed by atoms with Gasteiger partial charge in [0.2, 0.25) is 0 Å². The molecule has 3 heteroatoms. The molecule has 1 N–H and O–H groups in total. The maximum atomic E-state index is 5.75. The molecule has 0 amide bonds. The lowest BCUT2D eigenvalue weighted by Gasteiger charge is -2.41. The van der Waals surface area contributed by atoms with Crippen molar-refractivity contribution in [1.29, 1.82) is 0 Å². The van der Waals surface area contributed by atoms with Crippen molar-refractivity contribution >= 4 is 0 Å². The Hall–Kier alpha value is -0.120. The molecule has 0 aromatic heterocycles. The summed E-state index contributed by atoms with van der Waals surface area (Å²) in [7, 11) is 0. The van der Waals surface area contributed by atoms with E-state index in [4.69, 9.17) is 4.74 Å². The van der Waals surface area contributed by atoms with Crippen LogP contribution in [0, 0.1) is 0 Å². The van der Waals surface area contributed by atoms with Gasteiger partial charge in [0.25, 0.3) is 0 Å². The summed E-state index contributed by atoms with van der Waals surface area (Å²) in [4.78, 5) is 2.52. The van der Waals surface area contributed by atoms with Gasteiger partial charge in [0.1, 0.15) is 0 Å². The van der Waals surface area contributed by atoms with E-state index in [0.717, 1.165) is 26.2 Å². The molecule has 3 nitrogen and oxygen atoms in total. The topological polar surface area (TPSA) is 24.5 Å². The van der Waals surface area contributed by atoms with Crippen molar-refractivity contribution in [2.45, 2.75) is 52.3 Å². The van der Waals surface area contributed by atoms with Gasteiger partial charge < -0.3 is 10.1 Å². The Labute approximate surface area is 94.2 Å². The van der Waals surface area contributed by atoms with Crippen LogP contribution in [0.2, 0.25) is 0 Å². The SMILES string of the molecule is CCOC(C)(C)CN1CC(C)NCC1C. The zero-order chi connectivity index (χ0) is 11.5. The van der Waals surface area contributed by atoms with Gasteiger partial charge in [-0.05, 0) is 34.6 Å². The maximum Gasteiger partial charge on any atom is 0.0752 e. The van der Waals surface area contributed by atoms with Gasteiger partial charge in [-0.3, -0.25) is 4.90 Å². The van der Waals surface area contributed by atoms with Crippen LogP contribution in [0.1, 0.15) is 34.6 Å². The van der Waals surface area contributed by atoms with E-state index in [2.05, 4.69) is 44.8 Å². The number of ether oxygens (including phenoxy) is 1. The second kappa shape index (κ2) is 5.28. The molecule has 0 aromatic rings. The molecule has 2 atom stereocenters. The second-order valence-corrected chi connectivity index (χ2v) is 5.28. The van der Waals surface area contributed by atoms with Crippen LogP contribution in [0.25, 0.3) is 0 Å². The summed E-state index contributed by atoms with van der Waals surface area (Å²) in [6, 6.07) is 1.21. The Morgan fingerprint density at radius 1 is 1.40 bits per heavy atom. The van der Waals surface area contributed by atoms with Crippen molar-refractivity contribution in [2.24, 2.45) is 0 Å². The van der Waals surface area contributed by atoms with Gasteiger partial charge in [0.15, 0.2) is 0 Å². The Morgan fingerprint density at radius 3 is 2.67 bits per heavy atom. The van der Waals surface area contributed by atoms with Crippen molar-refractivity contribution in [1.82, 2.24) is 10.2 Å². The minimum absolute atomic E-state index is 0.0277. The van der Waals surface area contributed by atoms with Gasteiger partial charge >= 0.3 is 0 Å². The van der Waals surface area contributed by atoms with Crippen LogP contribution in [0.4, 0.5) is 0 Å². The minimum Gasteiger partial charge on any atom is -0.375 e. The van der Waals surface area contributed by atoms with Crippen molar-refractivity contribution in [3.05, 3.63) is 0 Å². The van der Waals surface area contributed by atoms with Gasteiger partial charge in [-0.25, -0.2) is 0 Å². The average molecular weight is 214 g/mol. The average Bonchev–Trinajstić information content (AvgIpc) is 2.10. The molecule has 0 spiro atoms. The maximum absolute atomic E-state index is 5.75. The predicted molar refractivity (Wildman–Crippen MR) is 64.2 cm³/mol. The number of rotatable bonds is 4. The largest absolute Gasteiger partial charge is 0.375 e. The highest BCUT2D eigenvalue weighted by atomic mass is 16.5. The molecule has 1 saturated heterocycles. The standard InChI is InChI=1S/C12H26N2O/c1-6-15-12(4,5)9-14-8-10(2)13-7-11(14)3/h10-11,13H,6-9H2,1-5H3. The predicted octanol–water partition coefficient (Wildman–Crippen LogP) is 1.48. The van der Waals surface area contributed by atoms with Gasteiger partial charge in [0, 0.05) is 38.3 Å². The highest BCUT2D eigenvalue weighted by Crippen LogP contribution is 2.15. The summed E-state index contributed by atoms with van der Waals surface area (Å²) in [6.45, 7) is 15.0. The lowest BCUT2D eigenvalue weighted by molar-refractivity contribution is -0.0464.